The second-order valence-electron chi connectivity index (χ2n) is 10.3. The minimum absolute atomic E-state index is 0.0922. The lowest BCUT2D eigenvalue weighted by atomic mass is 10.0. The van der Waals surface area contributed by atoms with Crippen LogP contribution in [0.5, 0.6) is 0 Å². The van der Waals surface area contributed by atoms with Gasteiger partial charge >= 0.3 is 5.97 Å². The molecule has 2 atom stereocenters. The SMILES string of the molecule is C/C=C(C(=O)NC1C=CC(F)=CC1)\C(=C/CC(/C=C/CCc1cc2ccccc2[nH]c1=O)NOC)N=CCCCCC(=O)O. The Kier molecular flexibility index (Phi) is 14.2. The van der Waals surface area contributed by atoms with Gasteiger partial charge in [-0.2, -0.15) is 5.48 Å². The zero-order valence-electron chi connectivity index (χ0n) is 25.2. The summed E-state index contributed by atoms with van der Waals surface area (Å²) in [7, 11) is 1.52. The molecule has 1 aliphatic carbocycles. The Labute approximate surface area is 257 Å². The summed E-state index contributed by atoms with van der Waals surface area (Å²) in [6, 6.07) is 9.00. The van der Waals surface area contributed by atoms with Gasteiger partial charge in [-0.25, -0.2) is 4.39 Å². The van der Waals surface area contributed by atoms with Crippen molar-refractivity contribution in [1.29, 1.82) is 0 Å². The number of fused-ring (bicyclic) bond motifs is 1. The first kappa shape index (κ1) is 34.1. The molecule has 10 heteroatoms. The molecule has 1 amide bonds. The number of H-pyrrole nitrogens is 1. The summed E-state index contributed by atoms with van der Waals surface area (Å²) >= 11 is 0. The third-order valence-electron chi connectivity index (χ3n) is 7.00. The summed E-state index contributed by atoms with van der Waals surface area (Å²) in [5, 5.41) is 12.8. The predicted octanol–water partition coefficient (Wildman–Crippen LogP) is 5.77. The molecule has 0 saturated heterocycles. The average Bonchev–Trinajstić information content (AvgIpc) is 3.00. The molecule has 2 aromatic rings. The van der Waals surface area contributed by atoms with Crippen LogP contribution in [0.2, 0.25) is 0 Å². The van der Waals surface area contributed by atoms with Crippen molar-refractivity contribution in [2.24, 2.45) is 4.99 Å². The number of aromatic nitrogens is 1. The zero-order chi connectivity index (χ0) is 31.7. The maximum atomic E-state index is 13.4. The fraction of sp³-hybridized carbons (Fsp3) is 0.353. The molecular weight excluding hydrogens is 563 g/mol. The van der Waals surface area contributed by atoms with Gasteiger partial charge in [0.2, 0.25) is 0 Å². The number of aliphatic carboxylic acids is 1. The lowest BCUT2D eigenvalue weighted by Crippen LogP contribution is -2.35. The number of benzene rings is 1. The van der Waals surface area contributed by atoms with Crippen molar-refractivity contribution in [2.75, 3.05) is 7.11 Å². The number of nitrogens with zero attached hydrogens (tertiary/aromatic N) is 1. The number of unbranched alkanes of at least 4 members (excludes halogenated alkanes) is 2. The van der Waals surface area contributed by atoms with Crippen LogP contribution in [-0.2, 0) is 20.8 Å². The summed E-state index contributed by atoms with van der Waals surface area (Å²) in [5.41, 5.74) is 5.19. The van der Waals surface area contributed by atoms with E-state index in [1.807, 2.05) is 48.6 Å². The number of amides is 1. The molecule has 1 heterocycles. The number of carboxylic acids is 1. The number of hydrogen-bond donors (Lipinski definition) is 4. The van der Waals surface area contributed by atoms with Crippen LogP contribution in [0.3, 0.4) is 0 Å². The number of aromatic amines is 1. The number of carbonyl (C=O) groups excluding carboxylic acids is 1. The van der Waals surface area contributed by atoms with E-state index >= 15 is 0 Å². The van der Waals surface area contributed by atoms with E-state index in [1.54, 1.807) is 25.3 Å². The van der Waals surface area contributed by atoms with Gasteiger partial charge in [-0.05, 0) is 81.5 Å². The van der Waals surface area contributed by atoms with E-state index in [1.165, 1.54) is 19.3 Å². The third kappa shape index (κ3) is 11.3. The summed E-state index contributed by atoms with van der Waals surface area (Å²) in [4.78, 5) is 49.2. The molecular formula is C34H41FN4O5. The number of rotatable bonds is 17. The second kappa shape index (κ2) is 18.3. The molecule has 1 aromatic carbocycles. The maximum Gasteiger partial charge on any atom is 0.303 e. The van der Waals surface area contributed by atoms with Gasteiger partial charge in [0.1, 0.15) is 5.83 Å². The standard InChI is InChI=1S/C34H41FN4O5/c1-3-29(34(43)37-27-18-16-26(35)17-19-27)31(36-22-10-4-5-15-32(40)41)21-20-28(39-44-2)13-8-6-12-25-23-24-11-7-9-14-30(24)38-33(25)42/h3,7-9,11,13-14,16-18,21-23,27-28,39H,4-6,10,12,15,19-20H2,1-2H3,(H,37,43)(H,38,42)(H,40,41)/b13-8+,29-3+,31-21+,36-22?. The maximum absolute atomic E-state index is 13.4. The van der Waals surface area contributed by atoms with Crippen LogP contribution in [0.1, 0.15) is 57.4 Å². The lowest BCUT2D eigenvalue weighted by Gasteiger charge is -2.18. The van der Waals surface area contributed by atoms with Crippen LogP contribution >= 0.6 is 0 Å². The van der Waals surface area contributed by atoms with Crippen molar-refractivity contribution in [1.82, 2.24) is 15.8 Å². The van der Waals surface area contributed by atoms with Gasteiger partial charge in [-0.1, -0.05) is 48.6 Å². The van der Waals surface area contributed by atoms with Gasteiger partial charge in [0.15, 0.2) is 0 Å². The molecule has 44 heavy (non-hydrogen) atoms. The third-order valence-corrected chi connectivity index (χ3v) is 7.00. The van der Waals surface area contributed by atoms with Crippen LogP contribution in [0.4, 0.5) is 4.39 Å². The van der Waals surface area contributed by atoms with Gasteiger partial charge in [0, 0.05) is 23.7 Å². The highest BCUT2D eigenvalue weighted by molar-refractivity contribution is 5.98. The number of carbonyl (C=O) groups is 2. The molecule has 0 bridgehead atoms. The Morgan fingerprint density at radius 1 is 1.25 bits per heavy atom. The molecule has 0 spiro atoms. The van der Waals surface area contributed by atoms with Crippen molar-refractivity contribution in [3.8, 4) is 0 Å². The molecule has 234 valence electrons. The summed E-state index contributed by atoms with van der Waals surface area (Å²) < 4.78 is 13.4. The first-order valence-electron chi connectivity index (χ1n) is 14.8. The zero-order valence-corrected chi connectivity index (χ0v) is 25.2. The summed E-state index contributed by atoms with van der Waals surface area (Å²) in [6.07, 6.45) is 17.4. The highest BCUT2D eigenvalue weighted by Gasteiger charge is 2.18. The Balaban J connectivity index is 1.70. The van der Waals surface area contributed by atoms with Gasteiger partial charge in [0.25, 0.3) is 11.5 Å². The van der Waals surface area contributed by atoms with E-state index in [2.05, 4.69) is 20.8 Å². The summed E-state index contributed by atoms with van der Waals surface area (Å²) in [6.45, 7) is 1.75. The molecule has 0 aliphatic heterocycles. The fourth-order valence-corrected chi connectivity index (χ4v) is 4.68. The number of aryl methyl sites for hydroxylation is 1. The number of allylic oxidation sites excluding steroid dienone is 4. The van der Waals surface area contributed by atoms with Crippen molar-refractivity contribution >= 4 is 29.0 Å². The topological polar surface area (TPSA) is 133 Å². The molecule has 0 fully saturated rings. The first-order valence-corrected chi connectivity index (χ1v) is 14.8. The van der Waals surface area contributed by atoms with E-state index < -0.39 is 5.97 Å². The molecule has 9 nitrogen and oxygen atoms in total. The largest absolute Gasteiger partial charge is 0.481 e. The average molecular weight is 605 g/mol. The number of hydroxylamine groups is 1. The molecule has 4 N–H and O–H groups in total. The second-order valence-corrected chi connectivity index (χ2v) is 10.3. The number of para-hydroxylation sites is 1. The highest BCUT2D eigenvalue weighted by atomic mass is 19.1. The van der Waals surface area contributed by atoms with Crippen molar-refractivity contribution in [2.45, 2.75) is 70.4 Å². The van der Waals surface area contributed by atoms with Crippen LogP contribution in [0.25, 0.3) is 10.9 Å². The van der Waals surface area contributed by atoms with E-state index in [0.717, 1.165) is 10.9 Å². The van der Waals surface area contributed by atoms with Gasteiger partial charge in [0.05, 0.1) is 30.5 Å². The minimum atomic E-state index is -0.837. The van der Waals surface area contributed by atoms with E-state index in [-0.39, 0.29) is 35.8 Å². The van der Waals surface area contributed by atoms with E-state index in [4.69, 9.17) is 9.94 Å². The fourth-order valence-electron chi connectivity index (χ4n) is 4.68. The number of aliphatic imine (C=N–C) groups is 1. The summed E-state index contributed by atoms with van der Waals surface area (Å²) in [5.74, 6) is -1.50. The smallest absolute Gasteiger partial charge is 0.303 e. The number of hydrogen-bond acceptors (Lipinski definition) is 6. The van der Waals surface area contributed by atoms with Gasteiger partial charge < -0.3 is 20.2 Å². The minimum Gasteiger partial charge on any atom is -0.481 e. The van der Waals surface area contributed by atoms with Crippen LogP contribution in [0.15, 0.2) is 99.7 Å². The highest BCUT2D eigenvalue weighted by Crippen LogP contribution is 2.18. The van der Waals surface area contributed by atoms with E-state index in [9.17, 15) is 18.8 Å². The van der Waals surface area contributed by atoms with Crippen LogP contribution < -0.4 is 16.4 Å². The monoisotopic (exact) mass is 604 g/mol. The van der Waals surface area contributed by atoms with Crippen molar-refractivity contribution in [3.63, 3.8) is 0 Å². The number of nitrogens with one attached hydrogen (secondary N) is 3. The van der Waals surface area contributed by atoms with Crippen LogP contribution in [-0.4, -0.2) is 47.4 Å². The lowest BCUT2D eigenvalue weighted by molar-refractivity contribution is -0.137. The van der Waals surface area contributed by atoms with Crippen molar-refractivity contribution in [3.05, 3.63) is 106 Å². The normalized spacial score (nSPS) is 16.5. The molecule has 1 aliphatic rings. The van der Waals surface area contributed by atoms with E-state index in [0.29, 0.717) is 61.8 Å². The molecule has 2 unspecified atom stereocenters. The first-order chi connectivity index (χ1) is 21.3. The molecule has 3 rings (SSSR count). The number of pyridine rings is 1. The van der Waals surface area contributed by atoms with Crippen LogP contribution in [0, 0.1) is 0 Å². The number of halogens is 1. The Bertz CT molecular complexity index is 1520. The Morgan fingerprint density at radius 2 is 2.07 bits per heavy atom. The Morgan fingerprint density at radius 3 is 2.80 bits per heavy atom. The van der Waals surface area contributed by atoms with Gasteiger partial charge in [-0.3, -0.25) is 19.4 Å². The predicted molar refractivity (Wildman–Crippen MR) is 172 cm³/mol. The molecule has 0 saturated carbocycles. The van der Waals surface area contributed by atoms with Gasteiger partial charge in [-0.15, -0.1) is 0 Å². The number of carboxylic acid groups (broad SMARTS) is 1. The van der Waals surface area contributed by atoms with Crippen molar-refractivity contribution < 1.29 is 23.9 Å². The quantitative estimate of drug-likeness (QED) is 0.0453. The molecule has 1 aromatic heterocycles. The Hall–Kier alpha value is -4.41. The molecule has 0 radical (unpaired) electrons.